The number of nitrogens with two attached hydrogens (primary N) is 1. The molecule has 0 aliphatic carbocycles. The minimum atomic E-state index is 0.536. The third-order valence-electron chi connectivity index (χ3n) is 3.01. The third kappa shape index (κ3) is 1.73. The highest BCUT2D eigenvalue weighted by Crippen LogP contribution is 2.19. The predicted octanol–water partition coefficient (Wildman–Crippen LogP) is 1.88. The molecular formula is C13H15N5. The van der Waals surface area contributed by atoms with Crippen LogP contribution in [0.1, 0.15) is 12.6 Å². The van der Waals surface area contributed by atoms with E-state index in [4.69, 9.17) is 5.73 Å². The molecule has 0 spiro atoms. The van der Waals surface area contributed by atoms with Crippen molar-refractivity contribution in [3.05, 3.63) is 42.2 Å². The van der Waals surface area contributed by atoms with E-state index in [2.05, 4.69) is 29.3 Å². The van der Waals surface area contributed by atoms with E-state index in [1.165, 1.54) is 5.39 Å². The molecule has 5 heteroatoms. The van der Waals surface area contributed by atoms with E-state index in [0.717, 1.165) is 17.8 Å². The van der Waals surface area contributed by atoms with Gasteiger partial charge in [0.05, 0.1) is 17.8 Å². The molecule has 0 saturated carbocycles. The van der Waals surface area contributed by atoms with Crippen LogP contribution < -0.4 is 5.73 Å². The van der Waals surface area contributed by atoms with E-state index in [1.54, 1.807) is 6.07 Å². The second-order valence-corrected chi connectivity index (χ2v) is 4.22. The molecule has 18 heavy (non-hydrogen) atoms. The Labute approximate surface area is 105 Å². The summed E-state index contributed by atoms with van der Waals surface area (Å²) in [6, 6.07) is 10.0. The van der Waals surface area contributed by atoms with Crippen LogP contribution in [0.3, 0.4) is 0 Å². The predicted molar refractivity (Wildman–Crippen MR) is 71.1 cm³/mol. The molecule has 3 rings (SSSR count). The van der Waals surface area contributed by atoms with Crippen molar-refractivity contribution in [1.82, 2.24) is 19.6 Å². The van der Waals surface area contributed by atoms with E-state index in [0.29, 0.717) is 12.4 Å². The maximum absolute atomic E-state index is 5.62. The van der Waals surface area contributed by atoms with Crippen LogP contribution in [0.15, 0.2) is 36.5 Å². The number of nitrogens with zero attached hydrogens (tertiary/aromatic N) is 4. The standard InChI is InChI=1S/C13H15N5/c1-2-18-12-6-4-3-5-10(12)11(15-18)9-17-8-7-13(14)16-17/h3-8H,2,9H2,1H3,(H2,14,16). The SMILES string of the molecule is CCn1nc(Cn2ccc(N)n2)c2ccccc21. The molecule has 2 heterocycles. The lowest BCUT2D eigenvalue weighted by molar-refractivity contribution is 0.629. The summed E-state index contributed by atoms with van der Waals surface area (Å²) in [5.41, 5.74) is 7.80. The van der Waals surface area contributed by atoms with Crippen molar-refractivity contribution in [2.24, 2.45) is 0 Å². The lowest BCUT2D eigenvalue weighted by atomic mass is 10.2. The Hall–Kier alpha value is -2.30. The Morgan fingerprint density at radius 2 is 2.00 bits per heavy atom. The lowest BCUT2D eigenvalue weighted by Crippen LogP contribution is -2.03. The monoisotopic (exact) mass is 241 g/mol. The van der Waals surface area contributed by atoms with Crippen molar-refractivity contribution < 1.29 is 0 Å². The van der Waals surface area contributed by atoms with Gasteiger partial charge in [-0.05, 0) is 19.1 Å². The summed E-state index contributed by atoms with van der Waals surface area (Å²) < 4.78 is 3.82. The fourth-order valence-corrected chi connectivity index (χ4v) is 2.17. The van der Waals surface area contributed by atoms with Gasteiger partial charge in [-0.25, -0.2) is 0 Å². The molecule has 0 aliphatic rings. The summed E-state index contributed by atoms with van der Waals surface area (Å²) in [5.74, 6) is 0.536. The molecule has 5 nitrogen and oxygen atoms in total. The second kappa shape index (κ2) is 4.18. The van der Waals surface area contributed by atoms with E-state index < -0.39 is 0 Å². The van der Waals surface area contributed by atoms with Gasteiger partial charge in [-0.15, -0.1) is 0 Å². The van der Waals surface area contributed by atoms with E-state index in [1.807, 2.05) is 27.7 Å². The molecule has 0 unspecified atom stereocenters. The fraction of sp³-hybridized carbons (Fsp3) is 0.231. The van der Waals surface area contributed by atoms with Gasteiger partial charge in [0.2, 0.25) is 0 Å². The van der Waals surface area contributed by atoms with Gasteiger partial charge in [-0.2, -0.15) is 10.2 Å². The number of aryl methyl sites for hydroxylation is 1. The Balaban J connectivity index is 2.06. The van der Waals surface area contributed by atoms with Gasteiger partial charge in [0.1, 0.15) is 5.82 Å². The van der Waals surface area contributed by atoms with E-state index in [-0.39, 0.29) is 0 Å². The van der Waals surface area contributed by atoms with Crippen LogP contribution in [0.5, 0.6) is 0 Å². The van der Waals surface area contributed by atoms with Gasteiger partial charge in [-0.1, -0.05) is 18.2 Å². The van der Waals surface area contributed by atoms with E-state index in [9.17, 15) is 0 Å². The van der Waals surface area contributed by atoms with Crippen molar-refractivity contribution in [3.8, 4) is 0 Å². The number of anilines is 1. The number of fused-ring (bicyclic) bond motifs is 1. The number of hydrogen-bond donors (Lipinski definition) is 1. The zero-order valence-electron chi connectivity index (χ0n) is 10.2. The van der Waals surface area contributed by atoms with Crippen LogP contribution in [0.25, 0.3) is 10.9 Å². The van der Waals surface area contributed by atoms with Crippen molar-refractivity contribution in [3.63, 3.8) is 0 Å². The van der Waals surface area contributed by atoms with Crippen LogP contribution in [0.4, 0.5) is 5.82 Å². The van der Waals surface area contributed by atoms with Crippen molar-refractivity contribution in [2.75, 3.05) is 5.73 Å². The first kappa shape index (κ1) is 10.8. The van der Waals surface area contributed by atoms with Gasteiger partial charge in [0, 0.05) is 18.1 Å². The quantitative estimate of drug-likeness (QED) is 0.761. The van der Waals surface area contributed by atoms with Gasteiger partial charge in [-0.3, -0.25) is 9.36 Å². The molecule has 92 valence electrons. The summed E-state index contributed by atoms with van der Waals surface area (Å²) in [7, 11) is 0. The molecule has 3 aromatic rings. The largest absolute Gasteiger partial charge is 0.382 e. The molecule has 0 radical (unpaired) electrons. The number of hydrogen-bond acceptors (Lipinski definition) is 3. The number of rotatable bonds is 3. The molecule has 1 aromatic carbocycles. The summed E-state index contributed by atoms with van der Waals surface area (Å²) in [6.45, 7) is 3.60. The van der Waals surface area contributed by atoms with Gasteiger partial charge < -0.3 is 5.73 Å². The summed E-state index contributed by atoms with van der Waals surface area (Å²) in [4.78, 5) is 0. The maximum Gasteiger partial charge on any atom is 0.145 e. The third-order valence-corrected chi connectivity index (χ3v) is 3.01. The van der Waals surface area contributed by atoms with Crippen LogP contribution in [-0.4, -0.2) is 19.6 Å². The summed E-state index contributed by atoms with van der Waals surface area (Å²) in [6.07, 6.45) is 1.87. The lowest BCUT2D eigenvalue weighted by Gasteiger charge is -1.98. The molecule has 0 aliphatic heterocycles. The van der Waals surface area contributed by atoms with Crippen molar-refractivity contribution in [2.45, 2.75) is 20.0 Å². The first-order valence-corrected chi connectivity index (χ1v) is 6.01. The molecule has 2 N–H and O–H groups in total. The van der Waals surface area contributed by atoms with E-state index >= 15 is 0 Å². The molecule has 0 saturated heterocycles. The Morgan fingerprint density at radius 3 is 2.72 bits per heavy atom. The topological polar surface area (TPSA) is 61.7 Å². The number of nitrogen functional groups attached to an aromatic ring is 1. The zero-order valence-corrected chi connectivity index (χ0v) is 10.2. The molecule has 0 fully saturated rings. The second-order valence-electron chi connectivity index (χ2n) is 4.22. The summed E-state index contributed by atoms with van der Waals surface area (Å²) in [5, 5.41) is 9.99. The van der Waals surface area contributed by atoms with Crippen LogP contribution in [0, 0.1) is 0 Å². The first-order chi connectivity index (χ1) is 8.78. The van der Waals surface area contributed by atoms with Crippen LogP contribution >= 0.6 is 0 Å². The molecule has 0 amide bonds. The van der Waals surface area contributed by atoms with Crippen molar-refractivity contribution in [1.29, 1.82) is 0 Å². The maximum atomic E-state index is 5.62. The average molecular weight is 241 g/mol. The van der Waals surface area contributed by atoms with Gasteiger partial charge in [0.15, 0.2) is 0 Å². The Morgan fingerprint density at radius 1 is 1.17 bits per heavy atom. The van der Waals surface area contributed by atoms with Crippen LogP contribution in [-0.2, 0) is 13.1 Å². The molecule has 2 aromatic heterocycles. The fourth-order valence-electron chi connectivity index (χ4n) is 2.17. The minimum Gasteiger partial charge on any atom is -0.382 e. The zero-order chi connectivity index (χ0) is 12.5. The number of para-hydroxylation sites is 1. The Bertz CT molecular complexity index is 680. The smallest absolute Gasteiger partial charge is 0.145 e. The van der Waals surface area contributed by atoms with Gasteiger partial charge in [0.25, 0.3) is 0 Å². The molecule has 0 bridgehead atoms. The first-order valence-electron chi connectivity index (χ1n) is 6.01. The van der Waals surface area contributed by atoms with Gasteiger partial charge >= 0.3 is 0 Å². The number of aromatic nitrogens is 4. The Kier molecular flexibility index (Phi) is 2.51. The molecule has 0 atom stereocenters. The highest BCUT2D eigenvalue weighted by atomic mass is 15.3. The average Bonchev–Trinajstić information content (AvgIpc) is 2.95. The van der Waals surface area contributed by atoms with Crippen LogP contribution in [0.2, 0.25) is 0 Å². The molecular weight excluding hydrogens is 226 g/mol. The van der Waals surface area contributed by atoms with Crippen molar-refractivity contribution >= 4 is 16.7 Å². The minimum absolute atomic E-state index is 0.536. The summed E-state index contributed by atoms with van der Waals surface area (Å²) >= 11 is 0. The number of benzene rings is 1. The highest BCUT2D eigenvalue weighted by Gasteiger charge is 2.09. The highest BCUT2D eigenvalue weighted by molar-refractivity contribution is 5.81. The normalized spacial score (nSPS) is 11.2.